The first-order valence-corrected chi connectivity index (χ1v) is 7.94. The van der Waals surface area contributed by atoms with E-state index in [1.807, 2.05) is 0 Å². The van der Waals surface area contributed by atoms with Crippen LogP contribution in [0.2, 0.25) is 0 Å². The summed E-state index contributed by atoms with van der Waals surface area (Å²) in [5.74, 6) is -0.805. The SMILES string of the molecule is COCCOC(=O)C1=C(C)NC(=O)N[C@H]1c1ccc(OC)c(OC(F)F)c1. The zero-order valence-electron chi connectivity index (χ0n) is 15.0. The molecule has 1 aliphatic heterocycles. The first kappa shape index (κ1) is 20.4. The van der Waals surface area contributed by atoms with Crippen LogP contribution in [0.1, 0.15) is 18.5 Å². The van der Waals surface area contributed by atoms with Crippen molar-refractivity contribution in [3.63, 3.8) is 0 Å². The first-order chi connectivity index (χ1) is 12.9. The van der Waals surface area contributed by atoms with E-state index in [1.54, 1.807) is 6.92 Å². The highest BCUT2D eigenvalue weighted by Gasteiger charge is 2.33. The van der Waals surface area contributed by atoms with Crippen molar-refractivity contribution in [1.82, 2.24) is 10.6 Å². The van der Waals surface area contributed by atoms with Crippen molar-refractivity contribution in [2.24, 2.45) is 0 Å². The van der Waals surface area contributed by atoms with Gasteiger partial charge < -0.3 is 29.6 Å². The molecule has 0 saturated heterocycles. The molecule has 0 bridgehead atoms. The van der Waals surface area contributed by atoms with Gasteiger partial charge in [0.05, 0.1) is 25.3 Å². The predicted molar refractivity (Wildman–Crippen MR) is 89.6 cm³/mol. The summed E-state index contributed by atoms with van der Waals surface area (Å²) in [6.45, 7) is -1.29. The summed E-state index contributed by atoms with van der Waals surface area (Å²) in [7, 11) is 2.77. The molecule has 2 rings (SSSR count). The number of hydrogen-bond donors (Lipinski definition) is 2. The van der Waals surface area contributed by atoms with E-state index >= 15 is 0 Å². The van der Waals surface area contributed by atoms with Crippen molar-refractivity contribution in [2.45, 2.75) is 19.6 Å². The minimum Gasteiger partial charge on any atom is -0.493 e. The van der Waals surface area contributed by atoms with Crippen molar-refractivity contribution < 1.29 is 37.3 Å². The molecule has 0 spiro atoms. The molecule has 2 amide bonds. The van der Waals surface area contributed by atoms with Gasteiger partial charge in [0.2, 0.25) is 0 Å². The minimum atomic E-state index is -3.06. The van der Waals surface area contributed by atoms with Gasteiger partial charge in [-0.15, -0.1) is 0 Å². The average Bonchev–Trinajstić information content (AvgIpc) is 2.60. The van der Waals surface area contributed by atoms with Gasteiger partial charge in [-0.1, -0.05) is 6.07 Å². The minimum absolute atomic E-state index is 0.0230. The fourth-order valence-electron chi connectivity index (χ4n) is 2.57. The lowest BCUT2D eigenvalue weighted by Gasteiger charge is -2.28. The van der Waals surface area contributed by atoms with Gasteiger partial charge in [0.1, 0.15) is 6.61 Å². The van der Waals surface area contributed by atoms with Crippen LogP contribution in [-0.2, 0) is 14.3 Å². The molecule has 27 heavy (non-hydrogen) atoms. The molecule has 1 aliphatic rings. The number of alkyl halides is 2. The van der Waals surface area contributed by atoms with Crippen LogP contribution < -0.4 is 20.1 Å². The maximum atomic E-state index is 12.7. The van der Waals surface area contributed by atoms with Crippen molar-refractivity contribution in [3.05, 3.63) is 35.0 Å². The Bertz CT molecular complexity index is 738. The predicted octanol–water partition coefficient (Wildman–Crippen LogP) is 2.11. The fraction of sp³-hybridized carbons (Fsp3) is 0.412. The number of carbonyl (C=O) groups excluding carboxylic acids is 2. The first-order valence-electron chi connectivity index (χ1n) is 7.94. The average molecular weight is 386 g/mol. The molecule has 2 N–H and O–H groups in total. The van der Waals surface area contributed by atoms with Crippen LogP contribution in [0.3, 0.4) is 0 Å². The number of halogens is 2. The van der Waals surface area contributed by atoms with E-state index in [2.05, 4.69) is 15.4 Å². The van der Waals surface area contributed by atoms with Gasteiger partial charge in [-0.25, -0.2) is 9.59 Å². The van der Waals surface area contributed by atoms with Crippen LogP contribution in [0.25, 0.3) is 0 Å². The molecule has 0 aromatic heterocycles. The molecule has 1 aromatic carbocycles. The quantitative estimate of drug-likeness (QED) is 0.525. The number of allylic oxidation sites excluding steroid dienone is 1. The molecule has 0 aliphatic carbocycles. The highest BCUT2D eigenvalue weighted by atomic mass is 19.3. The highest BCUT2D eigenvalue weighted by Crippen LogP contribution is 2.35. The lowest BCUT2D eigenvalue weighted by molar-refractivity contribution is -0.140. The molecule has 0 unspecified atom stereocenters. The summed E-state index contributed by atoms with van der Waals surface area (Å²) in [5.41, 5.74) is 0.775. The van der Waals surface area contributed by atoms with Gasteiger partial charge in [0.25, 0.3) is 0 Å². The number of amides is 2. The van der Waals surface area contributed by atoms with Crippen molar-refractivity contribution in [1.29, 1.82) is 0 Å². The molecule has 1 aromatic rings. The Labute approximate surface area is 154 Å². The smallest absolute Gasteiger partial charge is 0.387 e. The zero-order chi connectivity index (χ0) is 20.0. The van der Waals surface area contributed by atoms with E-state index in [1.165, 1.54) is 32.4 Å². The number of rotatable bonds is 8. The summed E-state index contributed by atoms with van der Waals surface area (Å²) in [4.78, 5) is 24.3. The Balaban J connectivity index is 2.39. The number of ether oxygens (including phenoxy) is 4. The van der Waals surface area contributed by atoms with E-state index in [0.29, 0.717) is 11.3 Å². The van der Waals surface area contributed by atoms with Gasteiger partial charge in [-0.05, 0) is 24.6 Å². The lowest BCUT2D eigenvalue weighted by Crippen LogP contribution is -2.45. The molecule has 0 radical (unpaired) electrons. The number of carbonyl (C=O) groups is 2. The molecule has 1 heterocycles. The normalized spacial score (nSPS) is 16.7. The van der Waals surface area contributed by atoms with Crippen molar-refractivity contribution >= 4 is 12.0 Å². The summed E-state index contributed by atoms with van der Waals surface area (Å²) >= 11 is 0. The molecule has 8 nitrogen and oxygen atoms in total. The number of nitrogens with one attached hydrogen (secondary N) is 2. The number of hydrogen-bond acceptors (Lipinski definition) is 6. The van der Waals surface area contributed by atoms with Crippen LogP contribution in [-0.4, -0.2) is 46.0 Å². The summed E-state index contributed by atoms with van der Waals surface area (Å²) in [6, 6.07) is 2.75. The third-order valence-electron chi connectivity index (χ3n) is 3.75. The topological polar surface area (TPSA) is 95.1 Å². The standard InChI is InChI=1S/C17H20F2N2O6/c1-9-13(15(22)26-7-6-24-2)14(21-17(23)20-9)10-4-5-11(25-3)12(8-10)27-16(18)19/h4-5,8,14,16H,6-7H2,1-3H3,(H2,20,21,23)/t14-/m0/s1. The molecular formula is C17H20F2N2O6. The highest BCUT2D eigenvalue weighted by molar-refractivity contribution is 5.95. The van der Waals surface area contributed by atoms with Crippen LogP contribution >= 0.6 is 0 Å². The fourth-order valence-corrected chi connectivity index (χ4v) is 2.57. The van der Waals surface area contributed by atoms with Gasteiger partial charge in [0.15, 0.2) is 11.5 Å². The Kier molecular flexibility index (Phi) is 6.94. The lowest BCUT2D eigenvalue weighted by atomic mass is 9.95. The molecule has 0 saturated carbocycles. The van der Waals surface area contributed by atoms with E-state index in [0.717, 1.165) is 0 Å². The molecule has 10 heteroatoms. The van der Waals surface area contributed by atoms with E-state index in [9.17, 15) is 18.4 Å². The van der Waals surface area contributed by atoms with Gasteiger partial charge in [0, 0.05) is 12.8 Å². The number of esters is 1. The number of methoxy groups -OCH3 is 2. The Morgan fingerprint density at radius 1 is 1.22 bits per heavy atom. The van der Waals surface area contributed by atoms with Crippen LogP contribution in [0.15, 0.2) is 29.5 Å². The second kappa shape index (κ2) is 9.17. The van der Waals surface area contributed by atoms with E-state index in [-0.39, 0.29) is 30.3 Å². The monoisotopic (exact) mass is 386 g/mol. The van der Waals surface area contributed by atoms with Gasteiger partial charge in [-0.3, -0.25) is 0 Å². The second-order valence-electron chi connectivity index (χ2n) is 5.49. The van der Waals surface area contributed by atoms with Crippen LogP contribution in [0, 0.1) is 0 Å². The zero-order valence-corrected chi connectivity index (χ0v) is 15.0. The van der Waals surface area contributed by atoms with Crippen molar-refractivity contribution in [2.75, 3.05) is 27.4 Å². The second-order valence-corrected chi connectivity index (χ2v) is 5.49. The van der Waals surface area contributed by atoms with Gasteiger partial charge in [-0.2, -0.15) is 8.78 Å². The van der Waals surface area contributed by atoms with Gasteiger partial charge >= 0.3 is 18.6 Å². The van der Waals surface area contributed by atoms with E-state index < -0.39 is 24.7 Å². The largest absolute Gasteiger partial charge is 0.493 e. The summed E-state index contributed by atoms with van der Waals surface area (Å²) < 4.78 is 44.7. The van der Waals surface area contributed by atoms with Crippen LogP contribution in [0.5, 0.6) is 11.5 Å². The number of urea groups is 1. The third kappa shape index (κ3) is 5.07. The Morgan fingerprint density at radius 3 is 2.59 bits per heavy atom. The summed E-state index contributed by atoms with van der Waals surface area (Å²) in [5, 5.41) is 5.07. The van der Waals surface area contributed by atoms with Crippen LogP contribution in [0.4, 0.5) is 13.6 Å². The maximum Gasteiger partial charge on any atom is 0.387 e. The molecular weight excluding hydrogens is 366 g/mol. The Hall–Kier alpha value is -2.88. The molecule has 1 atom stereocenters. The Morgan fingerprint density at radius 2 is 1.96 bits per heavy atom. The third-order valence-corrected chi connectivity index (χ3v) is 3.75. The van der Waals surface area contributed by atoms with E-state index in [4.69, 9.17) is 14.2 Å². The van der Waals surface area contributed by atoms with Crippen molar-refractivity contribution in [3.8, 4) is 11.5 Å². The summed E-state index contributed by atoms with van der Waals surface area (Å²) in [6.07, 6.45) is 0. The maximum absolute atomic E-state index is 12.7. The number of benzene rings is 1. The molecule has 0 fully saturated rings. The molecule has 148 valence electrons.